The number of ether oxygens (including phenoxy) is 2. The van der Waals surface area contributed by atoms with Gasteiger partial charge in [-0.05, 0) is 38.1 Å². The van der Waals surface area contributed by atoms with Crippen molar-refractivity contribution in [3.8, 4) is 11.5 Å². The summed E-state index contributed by atoms with van der Waals surface area (Å²) in [4.78, 5) is 12.9. The van der Waals surface area contributed by atoms with E-state index in [2.05, 4.69) is 5.32 Å². The number of hydrogen-bond donors (Lipinski definition) is 1. The fraction of sp³-hybridized carbons (Fsp3) is 0.278. The molecule has 0 fully saturated rings. The molecule has 0 radical (unpaired) electrons. The van der Waals surface area contributed by atoms with Gasteiger partial charge >= 0.3 is 0 Å². The molecule has 0 unspecified atom stereocenters. The normalized spacial score (nSPS) is 10.4. The third-order valence-corrected chi connectivity index (χ3v) is 5.08. The lowest BCUT2D eigenvalue weighted by atomic mass is 10.2. The molecular weight excluding hydrogens is 381 g/mol. The number of thioether (sulfide) groups is 1. The number of amides is 1. The molecule has 4 nitrogen and oxygen atoms in total. The largest absolute Gasteiger partial charge is 0.490 e. The molecule has 0 aliphatic rings. The van der Waals surface area contributed by atoms with Gasteiger partial charge in [-0.3, -0.25) is 4.79 Å². The Kier molecular flexibility index (Phi) is 7.75. The summed E-state index contributed by atoms with van der Waals surface area (Å²) in [5.74, 6) is 1.29. The zero-order chi connectivity index (χ0) is 18.2. The Morgan fingerprint density at radius 2 is 1.68 bits per heavy atom. The molecule has 2 aromatic carbocycles. The van der Waals surface area contributed by atoms with E-state index in [0.29, 0.717) is 45.3 Å². The van der Waals surface area contributed by atoms with Gasteiger partial charge in [-0.15, -0.1) is 11.8 Å². The smallest absolute Gasteiger partial charge is 0.234 e. The van der Waals surface area contributed by atoms with Gasteiger partial charge < -0.3 is 14.8 Å². The highest BCUT2D eigenvalue weighted by Crippen LogP contribution is 2.34. The lowest BCUT2D eigenvalue weighted by molar-refractivity contribution is -0.113. The fourth-order valence-corrected chi connectivity index (χ4v) is 3.57. The minimum Gasteiger partial charge on any atom is -0.490 e. The average Bonchev–Trinajstić information content (AvgIpc) is 2.57. The number of carbonyl (C=O) groups is 1. The Morgan fingerprint density at radius 3 is 2.32 bits per heavy atom. The first-order valence-electron chi connectivity index (χ1n) is 7.81. The van der Waals surface area contributed by atoms with Gasteiger partial charge in [0.2, 0.25) is 5.91 Å². The molecule has 0 aliphatic carbocycles. The molecule has 0 aliphatic heterocycles. The lowest BCUT2D eigenvalue weighted by Gasteiger charge is -2.13. The van der Waals surface area contributed by atoms with Crippen molar-refractivity contribution in [1.82, 2.24) is 0 Å². The monoisotopic (exact) mass is 399 g/mol. The van der Waals surface area contributed by atoms with E-state index >= 15 is 0 Å². The molecule has 1 amide bonds. The van der Waals surface area contributed by atoms with E-state index in [0.717, 1.165) is 0 Å². The second kappa shape index (κ2) is 9.80. The Balaban J connectivity index is 2.01. The summed E-state index contributed by atoms with van der Waals surface area (Å²) in [5.41, 5.74) is 0.641. The minimum atomic E-state index is -0.160. The van der Waals surface area contributed by atoms with Crippen LogP contribution >= 0.6 is 35.0 Å². The van der Waals surface area contributed by atoms with E-state index in [1.165, 1.54) is 11.8 Å². The molecule has 25 heavy (non-hydrogen) atoms. The van der Waals surface area contributed by atoms with Crippen molar-refractivity contribution >= 4 is 46.6 Å². The van der Waals surface area contributed by atoms with Gasteiger partial charge in [0.05, 0.1) is 29.0 Å². The maximum absolute atomic E-state index is 12.2. The first-order valence-corrected chi connectivity index (χ1v) is 9.55. The van der Waals surface area contributed by atoms with Crippen LogP contribution in [0.25, 0.3) is 0 Å². The zero-order valence-corrected chi connectivity index (χ0v) is 16.3. The number of hydrogen-bond acceptors (Lipinski definition) is 4. The van der Waals surface area contributed by atoms with E-state index in [9.17, 15) is 4.79 Å². The quantitative estimate of drug-likeness (QED) is 0.593. The van der Waals surface area contributed by atoms with Crippen LogP contribution in [0.5, 0.6) is 11.5 Å². The van der Waals surface area contributed by atoms with Gasteiger partial charge in [0.25, 0.3) is 0 Å². The number of anilines is 1. The van der Waals surface area contributed by atoms with Crippen molar-refractivity contribution in [3.05, 3.63) is 46.4 Å². The first kappa shape index (κ1) is 19.8. The summed E-state index contributed by atoms with van der Waals surface area (Å²) in [6.45, 7) is 4.85. The number of halogens is 2. The van der Waals surface area contributed by atoms with Gasteiger partial charge in [0.1, 0.15) is 0 Å². The number of benzene rings is 2. The second-order valence-corrected chi connectivity index (χ2v) is 6.72. The van der Waals surface area contributed by atoms with Crippen LogP contribution in [0, 0.1) is 0 Å². The number of nitrogens with one attached hydrogen (secondary N) is 1. The second-order valence-electron chi connectivity index (χ2n) is 4.92. The molecule has 0 saturated carbocycles. The number of rotatable bonds is 8. The van der Waals surface area contributed by atoms with E-state index in [4.69, 9.17) is 32.7 Å². The number of carbonyl (C=O) groups excluding carboxylic acids is 1. The summed E-state index contributed by atoms with van der Waals surface area (Å²) in [6, 6.07) is 10.6. The molecule has 0 spiro atoms. The van der Waals surface area contributed by atoms with Crippen molar-refractivity contribution in [1.29, 1.82) is 0 Å². The van der Waals surface area contributed by atoms with E-state index in [1.54, 1.807) is 36.4 Å². The van der Waals surface area contributed by atoms with Gasteiger partial charge in [-0.25, -0.2) is 0 Å². The maximum Gasteiger partial charge on any atom is 0.234 e. The van der Waals surface area contributed by atoms with Crippen molar-refractivity contribution in [3.63, 3.8) is 0 Å². The van der Waals surface area contributed by atoms with E-state index < -0.39 is 0 Å². The first-order chi connectivity index (χ1) is 12.0. The highest BCUT2D eigenvalue weighted by atomic mass is 35.5. The van der Waals surface area contributed by atoms with Gasteiger partial charge in [-0.2, -0.15) is 0 Å². The van der Waals surface area contributed by atoms with Gasteiger partial charge in [-0.1, -0.05) is 29.3 Å². The van der Waals surface area contributed by atoms with Crippen LogP contribution in [0.1, 0.15) is 13.8 Å². The van der Waals surface area contributed by atoms with Crippen LogP contribution < -0.4 is 14.8 Å². The Labute approximate surface area is 161 Å². The predicted octanol–water partition coefficient (Wildman–Crippen LogP) is 5.52. The van der Waals surface area contributed by atoms with E-state index in [-0.39, 0.29) is 11.7 Å². The Hall–Kier alpha value is -1.56. The Morgan fingerprint density at radius 1 is 1.04 bits per heavy atom. The molecule has 0 saturated heterocycles. The molecule has 1 N–H and O–H groups in total. The summed E-state index contributed by atoms with van der Waals surface area (Å²) >= 11 is 13.5. The van der Waals surface area contributed by atoms with Crippen molar-refractivity contribution in [2.75, 3.05) is 24.3 Å². The molecule has 2 rings (SSSR count). The summed E-state index contributed by atoms with van der Waals surface area (Å²) in [6.07, 6.45) is 0. The summed E-state index contributed by atoms with van der Waals surface area (Å²) < 4.78 is 11.1. The summed E-state index contributed by atoms with van der Waals surface area (Å²) in [7, 11) is 0. The summed E-state index contributed by atoms with van der Waals surface area (Å²) in [5, 5.41) is 3.90. The zero-order valence-electron chi connectivity index (χ0n) is 14.0. The van der Waals surface area contributed by atoms with Crippen LogP contribution in [-0.2, 0) is 4.79 Å². The molecule has 0 aromatic heterocycles. The predicted molar refractivity (Wildman–Crippen MR) is 105 cm³/mol. The fourth-order valence-electron chi connectivity index (χ4n) is 2.08. The van der Waals surface area contributed by atoms with Crippen LogP contribution in [-0.4, -0.2) is 24.9 Å². The molecule has 0 heterocycles. The molecule has 7 heteroatoms. The SMILES string of the molecule is CCOc1ccc(NC(=O)CSc2c(Cl)cccc2Cl)cc1OCC. The van der Waals surface area contributed by atoms with Crippen LogP contribution in [0.15, 0.2) is 41.3 Å². The van der Waals surface area contributed by atoms with Crippen molar-refractivity contribution < 1.29 is 14.3 Å². The average molecular weight is 400 g/mol. The van der Waals surface area contributed by atoms with Gasteiger partial charge in [0.15, 0.2) is 11.5 Å². The van der Waals surface area contributed by atoms with Crippen LogP contribution in [0.3, 0.4) is 0 Å². The molecule has 0 atom stereocenters. The van der Waals surface area contributed by atoms with E-state index in [1.807, 2.05) is 13.8 Å². The van der Waals surface area contributed by atoms with Gasteiger partial charge in [0, 0.05) is 16.6 Å². The molecular formula is C18H19Cl2NO3S. The molecule has 2 aromatic rings. The highest BCUT2D eigenvalue weighted by Gasteiger charge is 2.11. The Bertz CT molecular complexity index is 720. The highest BCUT2D eigenvalue weighted by molar-refractivity contribution is 8.00. The van der Waals surface area contributed by atoms with Crippen LogP contribution in [0.4, 0.5) is 5.69 Å². The molecule has 134 valence electrons. The van der Waals surface area contributed by atoms with Crippen molar-refractivity contribution in [2.24, 2.45) is 0 Å². The standard InChI is InChI=1S/C18H19Cl2NO3S/c1-3-23-15-9-8-12(10-16(15)24-4-2)21-17(22)11-25-18-13(19)6-5-7-14(18)20/h5-10H,3-4,11H2,1-2H3,(H,21,22). The third-order valence-electron chi connectivity index (χ3n) is 3.09. The van der Waals surface area contributed by atoms with Crippen LogP contribution in [0.2, 0.25) is 10.0 Å². The lowest BCUT2D eigenvalue weighted by Crippen LogP contribution is -2.14. The topological polar surface area (TPSA) is 47.6 Å². The molecule has 0 bridgehead atoms. The third kappa shape index (κ3) is 5.73. The minimum absolute atomic E-state index is 0.160. The maximum atomic E-state index is 12.2. The van der Waals surface area contributed by atoms with Crippen molar-refractivity contribution in [2.45, 2.75) is 18.7 Å².